The van der Waals surface area contributed by atoms with E-state index in [4.69, 9.17) is 18.0 Å². The lowest BCUT2D eigenvalue weighted by molar-refractivity contribution is 0.273. The minimum absolute atomic E-state index is 0.424. The Balaban J connectivity index is 1.95. The first-order valence-corrected chi connectivity index (χ1v) is 8.11. The van der Waals surface area contributed by atoms with E-state index >= 15 is 0 Å². The number of nitrogens with two attached hydrogens (primary N) is 1. The lowest BCUT2D eigenvalue weighted by Gasteiger charge is -2.28. The van der Waals surface area contributed by atoms with Gasteiger partial charge in [-0.2, -0.15) is 5.10 Å². The minimum Gasteiger partial charge on any atom is -0.389 e. The first kappa shape index (κ1) is 14.7. The van der Waals surface area contributed by atoms with Gasteiger partial charge in [0.1, 0.15) is 4.99 Å². The Bertz CT molecular complexity index is 559. The van der Waals surface area contributed by atoms with Crippen molar-refractivity contribution in [2.45, 2.75) is 39.2 Å². The molecule has 1 atom stereocenters. The van der Waals surface area contributed by atoms with Crippen molar-refractivity contribution >= 4 is 23.0 Å². The minimum atomic E-state index is 0.424. The van der Waals surface area contributed by atoms with Gasteiger partial charge in [0.2, 0.25) is 0 Å². The summed E-state index contributed by atoms with van der Waals surface area (Å²) in [6.45, 7) is 8.41. The van der Waals surface area contributed by atoms with Gasteiger partial charge in [-0.15, -0.1) is 5.10 Å². The van der Waals surface area contributed by atoms with E-state index in [0.717, 1.165) is 42.1 Å². The fourth-order valence-corrected chi connectivity index (χ4v) is 3.76. The lowest BCUT2D eigenvalue weighted by Crippen LogP contribution is -2.38. The predicted octanol–water partition coefficient (Wildman–Crippen LogP) is 1.40. The third kappa shape index (κ3) is 2.74. The summed E-state index contributed by atoms with van der Waals surface area (Å²) < 4.78 is 0. The van der Waals surface area contributed by atoms with Crippen molar-refractivity contribution in [3.05, 3.63) is 16.8 Å². The van der Waals surface area contributed by atoms with Crippen LogP contribution in [0.1, 0.15) is 36.1 Å². The molecule has 2 saturated heterocycles. The monoisotopic (exact) mass is 305 g/mol. The molecule has 0 radical (unpaired) electrons. The molecule has 0 aliphatic carbocycles. The van der Waals surface area contributed by atoms with E-state index in [1.54, 1.807) is 0 Å². The molecular weight excluding hydrogens is 282 g/mol. The number of hydrogen-bond acceptors (Lipinski definition) is 5. The van der Waals surface area contributed by atoms with Crippen LogP contribution >= 0.6 is 12.2 Å². The van der Waals surface area contributed by atoms with Crippen LogP contribution in [0.3, 0.4) is 0 Å². The second kappa shape index (κ2) is 5.85. The number of hydrogen-bond donors (Lipinski definition) is 1. The van der Waals surface area contributed by atoms with Crippen molar-refractivity contribution < 1.29 is 0 Å². The molecule has 0 aromatic carbocycles. The molecule has 0 bridgehead atoms. The quantitative estimate of drug-likeness (QED) is 0.834. The Labute approximate surface area is 131 Å². The molecule has 0 spiro atoms. The van der Waals surface area contributed by atoms with Crippen molar-refractivity contribution in [3.63, 3.8) is 0 Å². The second-order valence-corrected chi connectivity index (χ2v) is 6.54. The largest absolute Gasteiger partial charge is 0.389 e. The fraction of sp³-hybridized carbons (Fsp3) is 0.667. The number of aryl methyl sites for hydroxylation is 1. The standard InChI is InChI=1S/C15H23N5S/c1-10-11(2)17-18-15(13(10)14(16)21)20-8-4-7-19-6-3-5-12(19)9-20/h12H,3-9H2,1-2H3,(H2,16,21). The summed E-state index contributed by atoms with van der Waals surface area (Å²) in [5, 5.41) is 8.72. The van der Waals surface area contributed by atoms with Gasteiger partial charge in [-0.25, -0.2) is 0 Å². The maximum absolute atomic E-state index is 5.96. The van der Waals surface area contributed by atoms with E-state index in [1.165, 1.54) is 25.9 Å². The Morgan fingerprint density at radius 1 is 1.19 bits per heavy atom. The summed E-state index contributed by atoms with van der Waals surface area (Å²) in [6, 6.07) is 0.634. The van der Waals surface area contributed by atoms with Gasteiger partial charge in [0.05, 0.1) is 11.3 Å². The second-order valence-electron chi connectivity index (χ2n) is 6.10. The normalized spacial score (nSPS) is 23.0. The molecule has 21 heavy (non-hydrogen) atoms. The van der Waals surface area contributed by atoms with Crippen LogP contribution < -0.4 is 10.6 Å². The van der Waals surface area contributed by atoms with Gasteiger partial charge in [0.15, 0.2) is 5.82 Å². The molecule has 3 heterocycles. The first-order chi connectivity index (χ1) is 10.1. The molecule has 3 rings (SSSR count). The number of anilines is 1. The summed E-state index contributed by atoms with van der Waals surface area (Å²) in [6.07, 6.45) is 3.73. The molecule has 2 N–H and O–H groups in total. The number of fused-ring (bicyclic) bond motifs is 1. The van der Waals surface area contributed by atoms with Gasteiger partial charge < -0.3 is 10.6 Å². The van der Waals surface area contributed by atoms with E-state index in [1.807, 2.05) is 13.8 Å². The first-order valence-electron chi connectivity index (χ1n) is 7.70. The number of rotatable bonds is 2. The smallest absolute Gasteiger partial charge is 0.161 e. The fourth-order valence-electron chi connectivity index (χ4n) is 3.51. The van der Waals surface area contributed by atoms with Gasteiger partial charge in [0.25, 0.3) is 0 Å². The van der Waals surface area contributed by atoms with Gasteiger partial charge in [-0.1, -0.05) is 12.2 Å². The molecule has 1 aromatic rings. The lowest BCUT2D eigenvalue weighted by atomic mass is 10.1. The molecule has 6 heteroatoms. The third-order valence-electron chi connectivity index (χ3n) is 4.79. The number of thiocarbonyl (C=S) groups is 1. The Kier molecular flexibility index (Phi) is 4.08. The van der Waals surface area contributed by atoms with Gasteiger partial charge >= 0.3 is 0 Å². The summed E-state index contributed by atoms with van der Waals surface area (Å²) in [5.41, 5.74) is 8.83. The number of nitrogens with zero attached hydrogens (tertiary/aromatic N) is 4. The average molecular weight is 305 g/mol. The summed E-state index contributed by atoms with van der Waals surface area (Å²) in [7, 11) is 0. The molecule has 5 nitrogen and oxygen atoms in total. The highest BCUT2D eigenvalue weighted by molar-refractivity contribution is 7.80. The highest BCUT2D eigenvalue weighted by Gasteiger charge is 2.30. The molecule has 2 aliphatic rings. The van der Waals surface area contributed by atoms with Gasteiger partial charge in [-0.3, -0.25) is 4.90 Å². The zero-order valence-electron chi connectivity index (χ0n) is 12.8. The van der Waals surface area contributed by atoms with E-state index in [-0.39, 0.29) is 0 Å². The third-order valence-corrected chi connectivity index (χ3v) is 4.99. The van der Waals surface area contributed by atoms with Crippen molar-refractivity contribution in [1.82, 2.24) is 15.1 Å². The van der Waals surface area contributed by atoms with Crippen LogP contribution in [0.25, 0.3) is 0 Å². The van der Waals surface area contributed by atoms with E-state index in [9.17, 15) is 0 Å². The highest BCUT2D eigenvalue weighted by atomic mass is 32.1. The van der Waals surface area contributed by atoms with Crippen molar-refractivity contribution in [2.24, 2.45) is 5.73 Å². The zero-order chi connectivity index (χ0) is 15.0. The van der Waals surface area contributed by atoms with Crippen LogP contribution in [0.15, 0.2) is 0 Å². The van der Waals surface area contributed by atoms with Crippen LogP contribution in [0.4, 0.5) is 5.82 Å². The molecule has 1 aromatic heterocycles. The molecule has 2 aliphatic heterocycles. The Morgan fingerprint density at radius 2 is 1.95 bits per heavy atom. The average Bonchev–Trinajstić information content (AvgIpc) is 2.78. The number of aromatic nitrogens is 2. The zero-order valence-corrected chi connectivity index (χ0v) is 13.6. The maximum Gasteiger partial charge on any atom is 0.161 e. The summed E-state index contributed by atoms with van der Waals surface area (Å²) in [4.78, 5) is 5.37. The maximum atomic E-state index is 5.96. The van der Waals surface area contributed by atoms with Crippen LogP contribution in [-0.4, -0.2) is 52.3 Å². The van der Waals surface area contributed by atoms with Gasteiger partial charge in [-0.05, 0) is 45.2 Å². The Hall–Kier alpha value is -1.27. The van der Waals surface area contributed by atoms with Crippen LogP contribution in [-0.2, 0) is 0 Å². The SMILES string of the molecule is Cc1nnc(N2CCCN3CCCC3C2)c(C(N)=S)c1C. The van der Waals surface area contributed by atoms with Crippen molar-refractivity contribution in [1.29, 1.82) is 0 Å². The van der Waals surface area contributed by atoms with Crippen molar-refractivity contribution in [2.75, 3.05) is 31.1 Å². The molecule has 2 fully saturated rings. The van der Waals surface area contributed by atoms with Gasteiger partial charge in [0, 0.05) is 25.7 Å². The van der Waals surface area contributed by atoms with E-state index < -0.39 is 0 Å². The molecule has 0 saturated carbocycles. The van der Waals surface area contributed by atoms with Crippen molar-refractivity contribution in [3.8, 4) is 0 Å². The molecule has 1 unspecified atom stereocenters. The highest BCUT2D eigenvalue weighted by Crippen LogP contribution is 2.27. The molecule has 114 valence electrons. The molecule has 0 amide bonds. The van der Waals surface area contributed by atoms with E-state index in [0.29, 0.717) is 11.0 Å². The Morgan fingerprint density at radius 3 is 2.71 bits per heavy atom. The van der Waals surface area contributed by atoms with E-state index in [2.05, 4.69) is 20.0 Å². The van der Waals surface area contributed by atoms with Crippen LogP contribution in [0, 0.1) is 13.8 Å². The molecular formula is C15H23N5S. The summed E-state index contributed by atoms with van der Waals surface area (Å²) >= 11 is 5.27. The topological polar surface area (TPSA) is 58.3 Å². The predicted molar refractivity (Wildman–Crippen MR) is 88.8 cm³/mol. The van der Waals surface area contributed by atoms with Crippen LogP contribution in [0.5, 0.6) is 0 Å². The van der Waals surface area contributed by atoms with Crippen LogP contribution in [0.2, 0.25) is 0 Å². The summed E-state index contributed by atoms with van der Waals surface area (Å²) in [5.74, 6) is 0.874.